The summed E-state index contributed by atoms with van der Waals surface area (Å²) in [5, 5.41) is 23.2. The Kier molecular flexibility index (Phi) is 67.3. The van der Waals surface area contributed by atoms with Crippen LogP contribution >= 0.6 is 0 Å². The molecule has 0 aromatic heterocycles. The van der Waals surface area contributed by atoms with Crippen molar-refractivity contribution in [2.75, 3.05) is 6.61 Å². The van der Waals surface area contributed by atoms with Gasteiger partial charge in [0.25, 0.3) is 0 Å². The van der Waals surface area contributed by atoms with Crippen LogP contribution in [0.4, 0.5) is 0 Å². The third kappa shape index (κ3) is 67.0. The summed E-state index contributed by atoms with van der Waals surface area (Å²) < 4.78 is 0. The van der Waals surface area contributed by atoms with Gasteiger partial charge >= 0.3 is 0 Å². The van der Waals surface area contributed by atoms with Crippen molar-refractivity contribution in [3.8, 4) is 0 Å². The first-order chi connectivity index (χ1) is 40.2. The summed E-state index contributed by atoms with van der Waals surface area (Å²) in [6.07, 6.45) is 111. The average molecular weight is 1120 g/mol. The molecule has 0 aliphatic carbocycles. The fourth-order valence-electron chi connectivity index (χ4n) is 9.85. The summed E-state index contributed by atoms with van der Waals surface area (Å²) in [5.74, 6) is -0.0844. The van der Waals surface area contributed by atoms with Gasteiger partial charge in [0.1, 0.15) is 0 Å². The van der Waals surface area contributed by atoms with Crippen LogP contribution in [-0.4, -0.2) is 34.9 Å². The van der Waals surface area contributed by atoms with Crippen molar-refractivity contribution in [2.24, 2.45) is 0 Å². The number of rotatable bonds is 62. The maximum Gasteiger partial charge on any atom is 0.220 e. The molecular formula is C77H131NO3. The van der Waals surface area contributed by atoms with Crippen LogP contribution in [0.5, 0.6) is 0 Å². The maximum atomic E-state index is 12.5. The molecule has 462 valence electrons. The Morgan fingerprint density at radius 1 is 0.309 bits per heavy atom. The highest BCUT2D eigenvalue weighted by Crippen LogP contribution is 2.17. The van der Waals surface area contributed by atoms with Crippen molar-refractivity contribution in [2.45, 2.75) is 328 Å². The summed E-state index contributed by atoms with van der Waals surface area (Å²) >= 11 is 0. The van der Waals surface area contributed by atoms with Gasteiger partial charge in [-0.3, -0.25) is 4.79 Å². The van der Waals surface area contributed by atoms with Crippen LogP contribution in [0.2, 0.25) is 0 Å². The molecule has 0 heterocycles. The maximum absolute atomic E-state index is 12.5. The molecule has 2 atom stereocenters. The molecule has 4 heteroatoms. The van der Waals surface area contributed by atoms with Gasteiger partial charge in [0.2, 0.25) is 5.91 Å². The number of carbonyl (C=O) groups is 1. The van der Waals surface area contributed by atoms with Crippen molar-refractivity contribution >= 4 is 5.91 Å². The van der Waals surface area contributed by atoms with Crippen LogP contribution in [0.3, 0.4) is 0 Å². The summed E-state index contributed by atoms with van der Waals surface area (Å²) in [7, 11) is 0. The highest BCUT2D eigenvalue weighted by Gasteiger charge is 2.18. The van der Waals surface area contributed by atoms with Gasteiger partial charge in [0.15, 0.2) is 0 Å². The lowest BCUT2D eigenvalue weighted by molar-refractivity contribution is -0.123. The van der Waals surface area contributed by atoms with Crippen LogP contribution in [0.15, 0.2) is 146 Å². The predicted octanol–water partition coefficient (Wildman–Crippen LogP) is 23.9. The lowest BCUT2D eigenvalue weighted by Gasteiger charge is -2.19. The fourth-order valence-corrected chi connectivity index (χ4v) is 9.85. The van der Waals surface area contributed by atoms with E-state index in [1.54, 1.807) is 6.08 Å². The van der Waals surface area contributed by atoms with E-state index >= 15 is 0 Å². The third-order valence-electron chi connectivity index (χ3n) is 15.0. The van der Waals surface area contributed by atoms with Gasteiger partial charge in [0, 0.05) is 6.42 Å². The molecule has 0 saturated carbocycles. The smallest absolute Gasteiger partial charge is 0.220 e. The van der Waals surface area contributed by atoms with E-state index in [2.05, 4.69) is 153 Å². The molecule has 0 radical (unpaired) electrons. The molecule has 0 bridgehead atoms. The van der Waals surface area contributed by atoms with E-state index in [0.717, 1.165) is 103 Å². The summed E-state index contributed by atoms with van der Waals surface area (Å²) in [5.41, 5.74) is 0. The Hall–Kier alpha value is -3.73. The molecule has 0 saturated heterocycles. The van der Waals surface area contributed by atoms with Gasteiger partial charge in [-0.2, -0.15) is 0 Å². The second kappa shape index (κ2) is 70.5. The van der Waals surface area contributed by atoms with Gasteiger partial charge < -0.3 is 15.5 Å². The number of hydrogen-bond acceptors (Lipinski definition) is 3. The van der Waals surface area contributed by atoms with Gasteiger partial charge in [-0.05, 0) is 116 Å². The Morgan fingerprint density at radius 2 is 0.556 bits per heavy atom. The van der Waals surface area contributed by atoms with E-state index in [1.165, 1.54) is 193 Å². The molecule has 0 aliphatic rings. The largest absolute Gasteiger partial charge is 0.394 e. The first kappa shape index (κ1) is 77.3. The molecule has 0 spiro atoms. The van der Waals surface area contributed by atoms with E-state index < -0.39 is 12.1 Å². The Balaban J connectivity index is 3.60. The number of hydrogen-bond donors (Lipinski definition) is 3. The molecule has 4 nitrogen and oxygen atoms in total. The molecule has 2 unspecified atom stereocenters. The lowest BCUT2D eigenvalue weighted by atomic mass is 10.0. The van der Waals surface area contributed by atoms with Gasteiger partial charge in [-0.1, -0.05) is 339 Å². The van der Waals surface area contributed by atoms with Crippen molar-refractivity contribution in [3.05, 3.63) is 146 Å². The first-order valence-corrected chi connectivity index (χ1v) is 34.5. The minimum absolute atomic E-state index is 0.0844. The van der Waals surface area contributed by atoms with Crippen molar-refractivity contribution in [1.29, 1.82) is 0 Å². The molecule has 0 aliphatic heterocycles. The molecule has 81 heavy (non-hydrogen) atoms. The molecule has 0 aromatic rings. The number of nitrogens with one attached hydrogen (secondary N) is 1. The zero-order valence-corrected chi connectivity index (χ0v) is 53.3. The fraction of sp³-hybridized carbons (Fsp3) is 0.675. The molecule has 1 amide bonds. The van der Waals surface area contributed by atoms with Crippen LogP contribution in [-0.2, 0) is 4.79 Å². The second-order valence-corrected chi connectivity index (χ2v) is 22.8. The molecule has 0 fully saturated rings. The van der Waals surface area contributed by atoms with Crippen LogP contribution in [0.25, 0.3) is 0 Å². The molecule has 0 aromatic carbocycles. The van der Waals surface area contributed by atoms with Gasteiger partial charge in [0.05, 0.1) is 18.8 Å². The average Bonchev–Trinajstić information content (AvgIpc) is 3.47. The monoisotopic (exact) mass is 1120 g/mol. The van der Waals surface area contributed by atoms with E-state index in [4.69, 9.17) is 0 Å². The Morgan fingerprint density at radius 3 is 0.864 bits per heavy atom. The Bertz CT molecular complexity index is 1650. The summed E-state index contributed by atoms with van der Waals surface area (Å²) in [6, 6.07) is -0.659. The number of carbonyl (C=O) groups excluding carboxylic acids is 1. The van der Waals surface area contributed by atoms with Gasteiger partial charge in [-0.25, -0.2) is 0 Å². The van der Waals surface area contributed by atoms with Crippen LogP contribution in [0, 0.1) is 0 Å². The molecule has 3 N–H and O–H groups in total. The minimum Gasteiger partial charge on any atom is -0.394 e. The molecular weight excluding hydrogens is 987 g/mol. The minimum atomic E-state index is -0.883. The lowest BCUT2D eigenvalue weighted by Crippen LogP contribution is -2.45. The van der Waals surface area contributed by atoms with Crippen molar-refractivity contribution in [3.63, 3.8) is 0 Å². The van der Waals surface area contributed by atoms with E-state index in [1.807, 2.05) is 6.08 Å². The summed E-state index contributed by atoms with van der Waals surface area (Å²) in [6.45, 7) is 4.19. The topological polar surface area (TPSA) is 69.6 Å². The number of aliphatic hydroxyl groups excluding tert-OH is 2. The number of unbranched alkanes of at least 4 members (excludes halogenated alkanes) is 33. The number of allylic oxidation sites excluding steroid dienone is 23. The molecule has 0 rings (SSSR count). The van der Waals surface area contributed by atoms with Crippen molar-refractivity contribution in [1.82, 2.24) is 5.32 Å². The second-order valence-electron chi connectivity index (χ2n) is 22.8. The number of aliphatic hydroxyl groups is 2. The zero-order valence-electron chi connectivity index (χ0n) is 53.3. The number of amides is 1. The highest BCUT2D eigenvalue weighted by molar-refractivity contribution is 5.76. The van der Waals surface area contributed by atoms with E-state index in [-0.39, 0.29) is 12.5 Å². The summed E-state index contributed by atoms with van der Waals surface area (Å²) in [4.78, 5) is 12.5. The van der Waals surface area contributed by atoms with Crippen LogP contribution in [0.1, 0.15) is 316 Å². The zero-order chi connectivity index (χ0) is 58.4. The first-order valence-electron chi connectivity index (χ1n) is 34.5. The van der Waals surface area contributed by atoms with E-state index in [9.17, 15) is 15.0 Å². The SMILES string of the molecule is CC/C=C\C/C=C\C/C=C\C/C=C\C/C=C\C/C=C\C/C=C\C/C=C\C/C=C\CCCCCCCCCCCCCC(=O)NC(CO)C(O)/C=C/CC/C=C/CC/C=C/CCCCCCCCCCCCCCCCCCCCCC. The van der Waals surface area contributed by atoms with Gasteiger partial charge in [-0.15, -0.1) is 0 Å². The van der Waals surface area contributed by atoms with Crippen molar-refractivity contribution < 1.29 is 15.0 Å². The standard InChI is InChI=1S/C77H131NO3/c1-3-5-7-9-11-13-15-17-19-21-23-25-27-29-31-33-35-36-37-38-39-40-41-42-43-45-47-49-51-53-55-57-59-61-63-65-67-69-71-73-77(81)78-75(74-79)76(80)72-70-68-66-64-62-60-58-56-54-52-50-48-46-44-34-32-30-28-26-24-22-20-18-16-14-12-10-8-6-4-2/h5,7,11,13,17,19,23,25,29,31,35-36,38-39,41-42,45,47,54,56,62,64,70,72,75-76,79-80H,3-4,6,8-10,12,14-16,18,20-22,24,26-28,30,32-34,37,40,43-44,46,48-53,55,57-61,63,65-69,71,73-74H2,1-2H3,(H,78,81)/b7-5-,13-11-,19-17-,25-23-,31-29-,36-35-,39-38-,42-41-,47-45-,56-54+,64-62+,72-70+. The normalized spacial score (nSPS) is 13.7. The third-order valence-corrected chi connectivity index (χ3v) is 15.0. The predicted molar refractivity (Wildman–Crippen MR) is 363 cm³/mol. The Labute approximate surface area is 503 Å². The van der Waals surface area contributed by atoms with E-state index in [0.29, 0.717) is 6.42 Å². The highest BCUT2D eigenvalue weighted by atomic mass is 16.3. The van der Waals surface area contributed by atoms with Crippen LogP contribution < -0.4 is 5.32 Å². The quantitative estimate of drug-likeness (QED) is 0.0420.